The van der Waals surface area contributed by atoms with E-state index in [1.807, 2.05) is 26.0 Å². The summed E-state index contributed by atoms with van der Waals surface area (Å²) < 4.78 is 34.8. The predicted molar refractivity (Wildman–Crippen MR) is 126 cm³/mol. The van der Waals surface area contributed by atoms with Gasteiger partial charge in [-0.15, -0.1) is 0 Å². The van der Waals surface area contributed by atoms with Crippen LogP contribution in [-0.4, -0.2) is 60.7 Å². The zero-order valence-corrected chi connectivity index (χ0v) is 19.8. The number of aliphatic imine (C=N–C) groups is 1. The average molecular weight is 484 g/mol. The summed E-state index contributed by atoms with van der Waals surface area (Å²) in [5, 5.41) is 9.21. The van der Waals surface area contributed by atoms with E-state index < -0.39 is 9.84 Å². The number of aliphatic hydroxyl groups excluding tert-OH is 1. The number of sulfone groups is 1. The first kappa shape index (κ1) is 23.7. The molecule has 9 nitrogen and oxygen atoms in total. The first-order chi connectivity index (χ1) is 16.1. The minimum absolute atomic E-state index is 0.0432. The number of Topliss-reactive ketones (excluding diaryl/α,β-unsaturated/α-hetero) is 1. The molecule has 1 atom stereocenters. The molecule has 0 fully saturated rings. The number of carbonyl (C=O) groups is 1. The number of benzene rings is 1. The van der Waals surface area contributed by atoms with Crippen LogP contribution < -0.4 is 4.74 Å². The Morgan fingerprint density at radius 2 is 1.94 bits per heavy atom. The van der Waals surface area contributed by atoms with E-state index >= 15 is 0 Å². The highest BCUT2D eigenvalue weighted by Crippen LogP contribution is 2.30. The summed E-state index contributed by atoms with van der Waals surface area (Å²) in [6, 6.07) is 11.7. The molecule has 10 heteroatoms. The number of ketones is 1. The molecule has 0 aliphatic carbocycles. The number of aliphatic hydroxyl groups is 1. The van der Waals surface area contributed by atoms with Gasteiger partial charge in [-0.25, -0.2) is 18.4 Å². The third kappa shape index (κ3) is 5.18. The summed E-state index contributed by atoms with van der Waals surface area (Å²) in [6.07, 6.45) is 2.06. The summed E-state index contributed by atoms with van der Waals surface area (Å²) in [6.45, 7) is 3.93. The van der Waals surface area contributed by atoms with Crippen LogP contribution in [0.4, 0.5) is 0 Å². The molecular formula is C24H25N3O6S. The van der Waals surface area contributed by atoms with Gasteiger partial charge in [-0.2, -0.15) is 0 Å². The molecule has 1 aromatic carbocycles. The number of nitrogens with zero attached hydrogens (tertiary/aromatic N) is 2. The molecule has 4 rings (SSSR count). The molecule has 0 bridgehead atoms. The maximum atomic E-state index is 12.8. The van der Waals surface area contributed by atoms with E-state index in [1.54, 1.807) is 18.2 Å². The molecule has 3 heterocycles. The molecule has 0 unspecified atom stereocenters. The lowest BCUT2D eigenvalue weighted by molar-refractivity contribution is 0.0939. The van der Waals surface area contributed by atoms with Gasteiger partial charge in [-0.3, -0.25) is 4.79 Å². The Bertz CT molecular complexity index is 1340. The summed E-state index contributed by atoms with van der Waals surface area (Å²) in [5.74, 6) is 0.908. The fourth-order valence-electron chi connectivity index (χ4n) is 3.42. The lowest BCUT2D eigenvalue weighted by Gasteiger charge is -2.12. The number of hydrogen-bond acceptors (Lipinski definition) is 8. The van der Waals surface area contributed by atoms with Gasteiger partial charge in [0.1, 0.15) is 23.3 Å². The van der Waals surface area contributed by atoms with Crippen LogP contribution in [0.2, 0.25) is 0 Å². The molecule has 0 spiro atoms. The van der Waals surface area contributed by atoms with Gasteiger partial charge in [0.2, 0.25) is 5.90 Å². The smallest absolute Gasteiger partial charge is 0.233 e. The molecule has 3 aromatic rings. The Labute approximate surface area is 197 Å². The Morgan fingerprint density at radius 3 is 2.56 bits per heavy atom. The molecule has 2 aromatic heterocycles. The molecule has 1 aliphatic heterocycles. The highest BCUT2D eigenvalue weighted by atomic mass is 32.2. The third-order valence-corrected chi connectivity index (χ3v) is 6.19. The third-order valence-electron chi connectivity index (χ3n) is 5.19. The molecule has 178 valence electrons. The van der Waals surface area contributed by atoms with Crippen LogP contribution in [0.3, 0.4) is 0 Å². The van der Waals surface area contributed by atoms with Crippen molar-refractivity contribution in [2.75, 3.05) is 19.4 Å². The van der Waals surface area contributed by atoms with Gasteiger partial charge < -0.3 is 19.6 Å². The zero-order valence-electron chi connectivity index (χ0n) is 19.0. The first-order valence-corrected chi connectivity index (χ1v) is 12.6. The largest absolute Gasteiger partial charge is 0.469 e. The number of aromatic nitrogens is 2. The summed E-state index contributed by atoms with van der Waals surface area (Å²) in [4.78, 5) is 24.3. The lowest BCUT2D eigenvalue weighted by atomic mass is 9.98. The van der Waals surface area contributed by atoms with Crippen LogP contribution in [0.1, 0.15) is 29.9 Å². The number of H-pyrrole nitrogens is 1. The van der Waals surface area contributed by atoms with E-state index in [2.05, 4.69) is 15.0 Å². The van der Waals surface area contributed by atoms with Crippen molar-refractivity contribution in [3.63, 3.8) is 0 Å². The zero-order chi connectivity index (χ0) is 24.5. The van der Waals surface area contributed by atoms with Crippen LogP contribution in [0.25, 0.3) is 11.3 Å². The van der Waals surface area contributed by atoms with Crippen LogP contribution >= 0.6 is 0 Å². The van der Waals surface area contributed by atoms with Crippen molar-refractivity contribution in [3.05, 3.63) is 59.9 Å². The van der Waals surface area contributed by atoms with Crippen LogP contribution in [0, 0.1) is 5.92 Å². The molecule has 2 N–H and O–H groups in total. The second-order valence-electron chi connectivity index (χ2n) is 8.33. The maximum absolute atomic E-state index is 12.8. The fourth-order valence-corrected chi connectivity index (χ4v) is 3.98. The number of pyridine rings is 1. The minimum Gasteiger partial charge on any atom is -0.469 e. The monoisotopic (exact) mass is 483 g/mol. The SMILES string of the molecule is CC(C)C(=O)c1cc(Oc2ccc(S(C)(=O)=O)nc2)cc(-c2ccc(C3=NC[C@H](CO)O3)[nH]2)c1. The predicted octanol–water partition coefficient (Wildman–Crippen LogP) is 3.25. The number of aromatic amines is 1. The standard InChI is InChI=1S/C24H25N3O6S/c1-14(2)23(29)16-8-15(20-5-6-21(27-20)24-26-12-19(13-28)33-24)9-18(10-16)32-17-4-7-22(25-11-17)34(3,30)31/h4-11,14,19,27-28H,12-13H2,1-3H3/t19-/m1/s1. The van der Waals surface area contributed by atoms with E-state index in [0.717, 1.165) is 11.9 Å². The number of carbonyl (C=O) groups excluding carboxylic acids is 1. The van der Waals surface area contributed by atoms with E-state index in [-0.39, 0.29) is 29.4 Å². The Balaban J connectivity index is 1.66. The fraction of sp³-hybridized carbons (Fsp3) is 0.292. The lowest BCUT2D eigenvalue weighted by Crippen LogP contribution is -2.17. The van der Waals surface area contributed by atoms with Crippen molar-refractivity contribution in [1.29, 1.82) is 0 Å². The van der Waals surface area contributed by atoms with Gasteiger partial charge in [0.25, 0.3) is 0 Å². The Hall–Kier alpha value is -3.50. The van der Waals surface area contributed by atoms with Crippen molar-refractivity contribution in [3.8, 4) is 22.8 Å². The van der Waals surface area contributed by atoms with Gasteiger partial charge >= 0.3 is 0 Å². The maximum Gasteiger partial charge on any atom is 0.233 e. The number of nitrogens with one attached hydrogen (secondary N) is 1. The van der Waals surface area contributed by atoms with Gasteiger partial charge in [0, 0.05) is 29.0 Å². The van der Waals surface area contributed by atoms with Crippen molar-refractivity contribution in [1.82, 2.24) is 9.97 Å². The quantitative estimate of drug-likeness (QED) is 0.470. The molecule has 0 amide bonds. The molecule has 0 saturated carbocycles. The highest BCUT2D eigenvalue weighted by Gasteiger charge is 2.22. The first-order valence-electron chi connectivity index (χ1n) is 10.7. The molecule has 1 aliphatic rings. The van der Waals surface area contributed by atoms with Crippen LogP contribution in [0.15, 0.2) is 58.7 Å². The van der Waals surface area contributed by atoms with Gasteiger partial charge in [0.15, 0.2) is 20.6 Å². The number of hydrogen-bond donors (Lipinski definition) is 2. The molecule has 0 radical (unpaired) electrons. The van der Waals surface area contributed by atoms with Crippen LogP contribution in [-0.2, 0) is 14.6 Å². The van der Waals surface area contributed by atoms with Gasteiger partial charge in [-0.1, -0.05) is 13.8 Å². The number of ether oxygens (including phenoxy) is 2. The van der Waals surface area contributed by atoms with E-state index in [0.29, 0.717) is 40.8 Å². The Morgan fingerprint density at radius 1 is 1.18 bits per heavy atom. The van der Waals surface area contributed by atoms with Crippen LogP contribution in [0.5, 0.6) is 11.5 Å². The Kier molecular flexibility index (Phi) is 6.54. The van der Waals surface area contributed by atoms with Gasteiger partial charge in [-0.05, 0) is 42.5 Å². The minimum atomic E-state index is -3.42. The second-order valence-corrected chi connectivity index (χ2v) is 10.3. The number of rotatable bonds is 8. The average Bonchev–Trinajstić information content (AvgIpc) is 3.47. The van der Waals surface area contributed by atoms with Crippen molar-refractivity contribution in [2.45, 2.75) is 25.0 Å². The van der Waals surface area contributed by atoms with E-state index in [9.17, 15) is 18.3 Å². The van der Waals surface area contributed by atoms with Gasteiger partial charge in [0.05, 0.1) is 19.3 Å². The summed E-state index contributed by atoms with van der Waals surface area (Å²) in [5.41, 5.74) is 2.58. The molecule has 0 saturated heterocycles. The van der Waals surface area contributed by atoms with Crippen molar-refractivity contribution >= 4 is 21.5 Å². The van der Waals surface area contributed by atoms with Crippen molar-refractivity contribution < 1.29 is 27.8 Å². The van der Waals surface area contributed by atoms with E-state index in [1.165, 1.54) is 18.3 Å². The molecule has 34 heavy (non-hydrogen) atoms. The summed E-state index contributed by atoms with van der Waals surface area (Å²) >= 11 is 0. The van der Waals surface area contributed by atoms with Crippen molar-refractivity contribution in [2.24, 2.45) is 10.9 Å². The molecular weight excluding hydrogens is 458 g/mol. The van der Waals surface area contributed by atoms with E-state index in [4.69, 9.17) is 9.47 Å². The topological polar surface area (TPSA) is 131 Å². The second kappa shape index (κ2) is 9.40. The normalized spacial score (nSPS) is 15.8. The summed E-state index contributed by atoms with van der Waals surface area (Å²) in [7, 11) is -3.42. The highest BCUT2D eigenvalue weighted by molar-refractivity contribution is 7.90.